The van der Waals surface area contributed by atoms with Crippen LogP contribution in [0.2, 0.25) is 0 Å². The van der Waals surface area contributed by atoms with Crippen LogP contribution >= 0.6 is 0 Å². The van der Waals surface area contributed by atoms with Crippen LogP contribution in [0.1, 0.15) is 59.8 Å². The van der Waals surface area contributed by atoms with Gasteiger partial charge >= 0.3 is 6.09 Å². The number of alkyl carbamates (subject to hydrolysis) is 1. The van der Waals surface area contributed by atoms with Crippen LogP contribution in [0, 0.1) is 0 Å². The predicted octanol–water partition coefficient (Wildman–Crippen LogP) is 2.60. The summed E-state index contributed by atoms with van der Waals surface area (Å²) in [7, 11) is 0. The summed E-state index contributed by atoms with van der Waals surface area (Å²) >= 11 is 0. The molecule has 19 heavy (non-hydrogen) atoms. The Labute approximate surface area is 116 Å². The van der Waals surface area contributed by atoms with Gasteiger partial charge in [-0.15, -0.1) is 0 Å². The second kappa shape index (κ2) is 9.64. The standard InChI is InChI=1S/C14H28N2O3/c1-5-6-7-9-12(17)15-10-8-11-16-13(18)19-14(2,3)4/h5-11H2,1-4H3,(H,15,17)(H,16,18). The number of hydrogen-bond acceptors (Lipinski definition) is 3. The second-order valence-electron chi connectivity index (χ2n) is 5.59. The van der Waals surface area contributed by atoms with Crippen LogP contribution in [0.25, 0.3) is 0 Å². The van der Waals surface area contributed by atoms with E-state index in [2.05, 4.69) is 17.6 Å². The van der Waals surface area contributed by atoms with Crippen molar-refractivity contribution >= 4 is 12.0 Å². The Kier molecular flexibility index (Phi) is 9.00. The molecule has 0 bridgehead atoms. The highest BCUT2D eigenvalue weighted by molar-refractivity contribution is 5.75. The van der Waals surface area contributed by atoms with Crippen molar-refractivity contribution in [2.45, 2.75) is 65.4 Å². The molecule has 2 amide bonds. The van der Waals surface area contributed by atoms with Gasteiger partial charge in [0.2, 0.25) is 5.91 Å². The number of ether oxygens (including phenoxy) is 1. The summed E-state index contributed by atoms with van der Waals surface area (Å²) in [4.78, 5) is 22.7. The van der Waals surface area contributed by atoms with E-state index in [0.29, 0.717) is 25.9 Å². The lowest BCUT2D eigenvalue weighted by molar-refractivity contribution is -0.121. The van der Waals surface area contributed by atoms with Gasteiger partial charge in [-0.25, -0.2) is 4.79 Å². The van der Waals surface area contributed by atoms with Gasteiger partial charge in [-0.3, -0.25) is 4.79 Å². The molecule has 0 fully saturated rings. The monoisotopic (exact) mass is 272 g/mol. The third-order valence-electron chi connectivity index (χ3n) is 2.35. The zero-order chi connectivity index (χ0) is 14.7. The summed E-state index contributed by atoms with van der Waals surface area (Å²) in [6.07, 6.45) is 4.03. The van der Waals surface area contributed by atoms with Gasteiger partial charge in [0.25, 0.3) is 0 Å². The highest BCUT2D eigenvalue weighted by Crippen LogP contribution is 2.06. The number of amides is 2. The second-order valence-corrected chi connectivity index (χ2v) is 5.59. The third-order valence-corrected chi connectivity index (χ3v) is 2.35. The van der Waals surface area contributed by atoms with Gasteiger partial charge in [-0.1, -0.05) is 19.8 Å². The third kappa shape index (κ3) is 13.0. The molecule has 0 aliphatic heterocycles. The van der Waals surface area contributed by atoms with Crippen molar-refractivity contribution in [3.63, 3.8) is 0 Å². The first kappa shape index (κ1) is 17.7. The van der Waals surface area contributed by atoms with E-state index in [-0.39, 0.29) is 5.91 Å². The highest BCUT2D eigenvalue weighted by atomic mass is 16.6. The molecular formula is C14H28N2O3. The molecule has 0 saturated heterocycles. The summed E-state index contributed by atoms with van der Waals surface area (Å²) in [5.41, 5.74) is -0.475. The Bertz CT molecular complexity index is 272. The fraction of sp³-hybridized carbons (Fsp3) is 0.857. The van der Waals surface area contributed by atoms with E-state index in [1.807, 2.05) is 20.8 Å². The lowest BCUT2D eigenvalue weighted by Crippen LogP contribution is -2.34. The van der Waals surface area contributed by atoms with Crippen LogP contribution in [0.15, 0.2) is 0 Å². The summed E-state index contributed by atoms with van der Waals surface area (Å²) in [5.74, 6) is 0.0886. The molecular weight excluding hydrogens is 244 g/mol. The van der Waals surface area contributed by atoms with Crippen LogP contribution < -0.4 is 10.6 Å². The fourth-order valence-electron chi connectivity index (χ4n) is 1.44. The Morgan fingerprint density at radius 2 is 1.63 bits per heavy atom. The van der Waals surface area contributed by atoms with Crippen LogP contribution in [0.3, 0.4) is 0 Å². The first-order valence-electron chi connectivity index (χ1n) is 7.08. The smallest absolute Gasteiger partial charge is 0.407 e. The number of hydrogen-bond donors (Lipinski definition) is 2. The molecule has 5 nitrogen and oxygen atoms in total. The van der Waals surface area contributed by atoms with Crippen molar-refractivity contribution in [3.05, 3.63) is 0 Å². The van der Waals surface area contributed by atoms with Gasteiger partial charge in [-0.2, -0.15) is 0 Å². The number of unbranched alkanes of at least 4 members (excludes halogenated alkanes) is 2. The van der Waals surface area contributed by atoms with Gasteiger partial charge in [0.05, 0.1) is 0 Å². The molecule has 0 aliphatic carbocycles. The minimum absolute atomic E-state index is 0.0886. The fourth-order valence-corrected chi connectivity index (χ4v) is 1.44. The van der Waals surface area contributed by atoms with Crippen molar-refractivity contribution in [2.24, 2.45) is 0 Å². The van der Waals surface area contributed by atoms with Crippen LogP contribution in [-0.4, -0.2) is 30.7 Å². The van der Waals surface area contributed by atoms with E-state index in [9.17, 15) is 9.59 Å². The summed E-state index contributed by atoms with van der Waals surface area (Å²) in [6.45, 7) is 8.67. The molecule has 0 aromatic carbocycles. The molecule has 5 heteroatoms. The summed E-state index contributed by atoms with van der Waals surface area (Å²) in [6, 6.07) is 0. The molecule has 2 N–H and O–H groups in total. The largest absolute Gasteiger partial charge is 0.444 e. The van der Waals surface area contributed by atoms with E-state index in [4.69, 9.17) is 4.74 Å². The van der Waals surface area contributed by atoms with Crippen molar-refractivity contribution in [3.8, 4) is 0 Å². The van der Waals surface area contributed by atoms with E-state index < -0.39 is 11.7 Å². The highest BCUT2D eigenvalue weighted by Gasteiger charge is 2.15. The molecule has 0 unspecified atom stereocenters. The molecule has 0 saturated carbocycles. The van der Waals surface area contributed by atoms with E-state index in [1.165, 1.54) is 0 Å². The summed E-state index contributed by atoms with van der Waals surface area (Å²) < 4.78 is 5.09. The van der Waals surface area contributed by atoms with E-state index >= 15 is 0 Å². The molecule has 0 aromatic heterocycles. The average Bonchev–Trinajstić information content (AvgIpc) is 2.26. The molecule has 0 heterocycles. The van der Waals surface area contributed by atoms with Gasteiger partial charge in [0, 0.05) is 19.5 Å². The molecule has 0 rings (SSSR count). The normalized spacial score (nSPS) is 10.9. The topological polar surface area (TPSA) is 67.4 Å². The van der Waals surface area contributed by atoms with Crippen molar-refractivity contribution in [1.29, 1.82) is 0 Å². The zero-order valence-corrected chi connectivity index (χ0v) is 12.7. The van der Waals surface area contributed by atoms with Crippen molar-refractivity contribution in [1.82, 2.24) is 10.6 Å². The molecule has 0 spiro atoms. The Morgan fingerprint density at radius 1 is 1.00 bits per heavy atom. The minimum atomic E-state index is -0.475. The Hall–Kier alpha value is -1.26. The molecule has 0 radical (unpaired) electrons. The van der Waals surface area contributed by atoms with Gasteiger partial charge in [0.15, 0.2) is 0 Å². The number of nitrogens with one attached hydrogen (secondary N) is 2. The van der Waals surface area contributed by atoms with Gasteiger partial charge < -0.3 is 15.4 Å². The maximum Gasteiger partial charge on any atom is 0.407 e. The van der Waals surface area contributed by atoms with Crippen LogP contribution in [0.4, 0.5) is 4.79 Å². The number of rotatable bonds is 8. The summed E-state index contributed by atoms with van der Waals surface area (Å²) in [5, 5.41) is 5.49. The Morgan fingerprint density at radius 3 is 2.21 bits per heavy atom. The van der Waals surface area contributed by atoms with E-state index in [0.717, 1.165) is 19.3 Å². The van der Waals surface area contributed by atoms with Crippen LogP contribution in [0.5, 0.6) is 0 Å². The average molecular weight is 272 g/mol. The number of carbonyl (C=O) groups is 2. The van der Waals surface area contributed by atoms with E-state index in [1.54, 1.807) is 0 Å². The maximum absolute atomic E-state index is 11.4. The zero-order valence-electron chi connectivity index (χ0n) is 12.7. The molecule has 0 atom stereocenters. The SMILES string of the molecule is CCCCCC(=O)NCCCNC(=O)OC(C)(C)C. The van der Waals surface area contributed by atoms with Crippen molar-refractivity contribution in [2.75, 3.05) is 13.1 Å². The lowest BCUT2D eigenvalue weighted by atomic mass is 10.2. The van der Waals surface area contributed by atoms with Crippen LogP contribution in [-0.2, 0) is 9.53 Å². The molecule has 0 aromatic rings. The van der Waals surface area contributed by atoms with Gasteiger partial charge in [0.1, 0.15) is 5.60 Å². The number of carbonyl (C=O) groups excluding carboxylic acids is 2. The van der Waals surface area contributed by atoms with Crippen molar-refractivity contribution < 1.29 is 14.3 Å². The molecule has 0 aliphatic rings. The minimum Gasteiger partial charge on any atom is -0.444 e. The quantitative estimate of drug-likeness (QED) is 0.667. The van der Waals surface area contributed by atoms with Gasteiger partial charge in [-0.05, 0) is 33.6 Å². The maximum atomic E-state index is 11.4. The Balaban J connectivity index is 3.44. The predicted molar refractivity (Wildman–Crippen MR) is 76.0 cm³/mol. The molecule has 112 valence electrons. The first-order chi connectivity index (χ1) is 8.85. The lowest BCUT2D eigenvalue weighted by Gasteiger charge is -2.19. The first-order valence-corrected chi connectivity index (χ1v) is 7.08.